The molecule has 0 aliphatic carbocycles. The van der Waals surface area contributed by atoms with Crippen LogP contribution in [0.5, 0.6) is 0 Å². The van der Waals surface area contributed by atoms with Crippen molar-refractivity contribution in [1.82, 2.24) is 25.3 Å². The average Bonchev–Trinajstić information content (AvgIpc) is 3.25. The maximum Gasteiger partial charge on any atom is 0.246 e. The smallest absolute Gasteiger partial charge is 0.246 e. The normalized spacial score (nSPS) is 15.2. The Morgan fingerprint density at radius 3 is 2.74 bits per heavy atom. The third-order valence-electron chi connectivity index (χ3n) is 5.23. The van der Waals surface area contributed by atoms with E-state index in [1.165, 1.54) is 13.0 Å². The van der Waals surface area contributed by atoms with Gasteiger partial charge in [0.15, 0.2) is 5.96 Å². The second-order valence-electron chi connectivity index (χ2n) is 7.64. The predicted molar refractivity (Wildman–Crippen MR) is 136 cm³/mol. The third-order valence-corrected chi connectivity index (χ3v) is 5.23. The summed E-state index contributed by atoms with van der Waals surface area (Å²) in [5, 5.41) is 13.9. The number of halogens is 1. The van der Waals surface area contributed by atoms with Gasteiger partial charge in [0.2, 0.25) is 5.91 Å². The monoisotopic (exact) mass is 539 g/mol. The first-order chi connectivity index (χ1) is 14.7. The molecular formula is C22H34IN7O. The third kappa shape index (κ3) is 8.48. The van der Waals surface area contributed by atoms with Crippen LogP contribution in [-0.2, 0) is 17.9 Å². The minimum absolute atomic E-state index is 0. The van der Waals surface area contributed by atoms with Gasteiger partial charge in [0.05, 0.1) is 0 Å². The number of hydrogen-bond acceptors (Lipinski definition) is 4. The highest BCUT2D eigenvalue weighted by molar-refractivity contribution is 14.0. The van der Waals surface area contributed by atoms with E-state index in [0.29, 0.717) is 12.6 Å². The molecule has 3 rings (SSSR count). The lowest BCUT2D eigenvalue weighted by atomic mass is 10.1. The topological polar surface area (TPSA) is 86.6 Å². The van der Waals surface area contributed by atoms with Crippen LogP contribution in [0.2, 0.25) is 0 Å². The molecule has 2 heterocycles. The molecule has 1 aliphatic rings. The van der Waals surface area contributed by atoms with E-state index in [-0.39, 0.29) is 36.4 Å². The summed E-state index contributed by atoms with van der Waals surface area (Å²) in [5.41, 5.74) is 1.85. The van der Waals surface area contributed by atoms with E-state index >= 15 is 0 Å². The molecule has 9 heteroatoms. The summed E-state index contributed by atoms with van der Waals surface area (Å²) in [6, 6.07) is 10.1. The molecule has 170 valence electrons. The van der Waals surface area contributed by atoms with Crippen LogP contribution in [0.3, 0.4) is 0 Å². The molecule has 1 aromatic heterocycles. The Labute approximate surface area is 201 Å². The Balaban J connectivity index is 0.00000341. The highest BCUT2D eigenvalue weighted by Crippen LogP contribution is 2.12. The van der Waals surface area contributed by atoms with Crippen molar-refractivity contribution in [1.29, 1.82) is 0 Å². The van der Waals surface area contributed by atoms with Crippen LogP contribution in [-0.4, -0.2) is 59.3 Å². The predicted octanol–water partition coefficient (Wildman–Crippen LogP) is 2.68. The molecule has 0 bridgehead atoms. The van der Waals surface area contributed by atoms with Gasteiger partial charge in [-0.05, 0) is 49.6 Å². The number of carbonyl (C=O) groups is 1. The number of benzene rings is 1. The number of guanidine groups is 1. The Hall–Kier alpha value is -2.14. The summed E-state index contributed by atoms with van der Waals surface area (Å²) in [5.74, 6) is 0.716. The number of piperidine rings is 1. The lowest BCUT2D eigenvalue weighted by Gasteiger charge is -2.32. The van der Waals surface area contributed by atoms with E-state index in [4.69, 9.17) is 0 Å². The maximum atomic E-state index is 12.2. The molecule has 2 aromatic rings. The molecule has 0 radical (unpaired) electrons. The first kappa shape index (κ1) is 25.1. The zero-order valence-corrected chi connectivity index (χ0v) is 20.7. The summed E-state index contributed by atoms with van der Waals surface area (Å²) in [6.07, 6.45) is 6.92. The highest BCUT2D eigenvalue weighted by atomic mass is 127. The van der Waals surface area contributed by atoms with Gasteiger partial charge < -0.3 is 20.9 Å². The Kier molecular flexibility index (Phi) is 10.8. The second kappa shape index (κ2) is 13.3. The summed E-state index contributed by atoms with van der Waals surface area (Å²) < 4.78 is 1.60. The van der Waals surface area contributed by atoms with Gasteiger partial charge in [-0.25, -0.2) is 0 Å². The summed E-state index contributed by atoms with van der Waals surface area (Å²) in [4.78, 5) is 19.1. The van der Waals surface area contributed by atoms with Gasteiger partial charge in [0.1, 0.15) is 6.54 Å². The summed E-state index contributed by atoms with van der Waals surface area (Å²) in [6.45, 7) is 6.54. The van der Waals surface area contributed by atoms with E-state index in [0.717, 1.165) is 43.1 Å². The Bertz CT molecular complexity index is 817. The first-order valence-electron chi connectivity index (χ1n) is 10.7. The van der Waals surface area contributed by atoms with Crippen molar-refractivity contribution in [2.24, 2.45) is 4.99 Å². The van der Waals surface area contributed by atoms with Crippen molar-refractivity contribution < 1.29 is 4.79 Å². The summed E-state index contributed by atoms with van der Waals surface area (Å²) in [7, 11) is 1.80. The summed E-state index contributed by atoms with van der Waals surface area (Å²) >= 11 is 0. The van der Waals surface area contributed by atoms with E-state index in [1.807, 2.05) is 24.3 Å². The molecular weight excluding hydrogens is 505 g/mol. The van der Waals surface area contributed by atoms with Gasteiger partial charge in [-0.3, -0.25) is 14.5 Å². The molecule has 0 atom stereocenters. The van der Waals surface area contributed by atoms with E-state index in [9.17, 15) is 4.79 Å². The molecule has 1 fully saturated rings. The van der Waals surface area contributed by atoms with Gasteiger partial charge in [-0.15, -0.1) is 24.0 Å². The number of nitrogens with one attached hydrogen (secondary N) is 3. The van der Waals surface area contributed by atoms with Crippen molar-refractivity contribution in [3.8, 4) is 0 Å². The molecule has 8 nitrogen and oxygen atoms in total. The fourth-order valence-corrected chi connectivity index (χ4v) is 3.69. The van der Waals surface area contributed by atoms with Gasteiger partial charge in [0.25, 0.3) is 0 Å². The molecule has 1 aliphatic heterocycles. The highest BCUT2D eigenvalue weighted by Gasteiger charge is 2.19. The first-order valence-corrected chi connectivity index (χ1v) is 10.7. The van der Waals surface area contributed by atoms with Gasteiger partial charge >= 0.3 is 0 Å². The van der Waals surface area contributed by atoms with Crippen LogP contribution < -0.4 is 16.0 Å². The number of aromatic nitrogens is 2. The molecule has 1 amide bonds. The zero-order valence-electron chi connectivity index (χ0n) is 18.4. The number of nitrogens with zero attached hydrogens (tertiary/aromatic N) is 4. The number of amides is 1. The van der Waals surface area contributed by atoms with E-state index in [1.54, 1.807) is 30.2 Å². The number of aliphatic imine (C=N–C) groups is 1. The molecule has 0 unspecified atom stereocenters. The molecule has 0 spiro atoms. The van der Waals surface area contributed by atoms with E-state index in [2.05, 4.69) is 37.9 Å². The maximum absolute atomic E-state index is 12.2. The van der Waals surface area contributed by atoms with Crippen LogP contribution in [0.4, 0.5) is 5.69 Å². The Morgan fingerprint density at radius 1 is 1.26 bits per heavy atom. The van der Waals surface area contributed by atoms with Crippen molar-refractivity contribution in [3.05, 3.63) is 48.3 Å². The lowest BCUT2D eigenvalue weighted by Crippen LogP contribution is -2.48. The standard InChI is InChI=1S/C22H33N7O.HI/c1-3-11-28-13-8-19(9-14-28)27-22(23-2)24-16-18-6-4-7-20(15-18)26-21(30)17-29-12-5-10-25-29;/h4-7,10,12,15,19H,3,8-9,11,13-14,16-17H2,1-2H3,(H,26,30)(H2,23,24,27);1H. The van der Waals surface area contributed by atoms with Crippen molar-refractivity contribution in [3.63, 3.8) is 0 Å². The largest absolute Gasteiger partial charge is 0.354 e. The van der Waals surface area contributed by atoms with Crippen LogP contribution in [0, 0.1) is 0 Å². The molecule has 0 saturated carbocycles. The van der Waals surface area contributed by atoms with Crippen molar-refractivity contribution in [2.45, 2.75) is 45.3 Å². The number of carbonyl (C=O) groups excluding carboxylic acids is 1. The van der Waals surface area contributed by atoms with Gasteiger partial charge in [-0.1, -0.05) is 19.1 Å². The SMILES string of the molecule is CCCN1CCC(NC(=NC)NCc2cccc(NC(=O)Cn3cccn3)c2)CC1.I. The Morgan fingerprint density at radius 2 is 2.06 bits per heavy atom. The van der Waals surface area contributed by atoms with Crippen LogP contribution in [0.15, 0.2) is 47.7 Å². The fraction of sp³-hybridized carbons (Fsp3) is 0.500. The number of rotatable bonds is 8. The minimum Gasteiger partial charge on any atom is -0.354 e. The molecule has 3 N–H and O–H groups in total. The van der Waals surface area contributed by atoms with Crippen LogP contribution in [0.25, 0.3) is 0 Å². The quantitative estimate of drug-likeness (QED) is 0.273. The van der Waals surface area contributed by atoms with Crippen LogP contribution in [0.1, 0.15) is 31.7 Å². The molecule has 1 aromatic carbocycles. The van der Waals surface area contributed by atoms with E-state index < -0.39 is 0 Å². The second-order valence-corrected chi connectivity index (χ2v) is 7.64. The van der Waals surface area contributed by atoms with Crippen LogP contribution >= 0.6 is 24.0 Å². The van der Waals surface area contributed by atoms with Gasteiger partial charge in [0, 0.05) is 50.8 Å². The zero-order chi connectivity index (χ0) is 21.2. The molecule has 31 heavy (non-hydrogen) atoms. The van der Waals surface area contributed by atoms with Crippen molar-refractivity contribution >= 4 is 41.5 Å². The number of likely N-dealkylation sites (tertiary alicyclic amines) is 1. The molecule has 1 saturated heterocycles. The average molecular weight is 539 g/mol. The number of anilines is 1. The minimum atomic E-state index is -0.101. The van der Waals surface area contributed by atoms with Crippen molar-refractivity contribution in [2.75, 3.05) is 32.0 Å². The fourth-order valence-electron chi connectivity index (χ4n) is 3.69. The lowest BCUT2D eigenvalue weighted by molar-refractivity contribution is -0.116. The van der Waals surface area contributed by atoms with Gasteiger partial charge in [-0.2, -0.15) is 5.10 Å². The number of hydrogen-bond donors (Lipinski definition) is 3.